The molecule has 0 radical (unpaired) electrons. The summed E-state index contributed by atoms with van der Waals surface area (Å²) in [6.07, 6.45) is 3.78. The zero-order chi connectivity index (χ0) is 11.2. The highest BCUT2D eigenvalue weighted by atomic mass is 16.5. The SMILES string of the molecule is C[C@@H]1C=C[C@@H]2COC(=O)[C@H]2[C@@]1(C)C(=O)O. The van der Waals surface area contributed by atoms with Crippen LogP contribution in [0.5, 0.6) is 0 Å². The van der Waals surface area contributed by atoms with E-state index in [1.807, 2.05) is 19.1 Å². The van der Waals surface area contributed by atoms with Gasteiger partial charge in [0.05, 0.1) is 17.9 Å². The Labute approximate surface area is 87.9 Å². The molecule has 0 spiro atoms. The van der Waals surface area contributed by atoms with Crippen LogP contribution in [-0.4, -0.2) is 23.7 Å². The third-order valence-electron chi connectivity index (χ3n) is 3.80. The number of allylic oxidation sites excluding steroid dienone is 1. The molecule has 2 aliphatic rings. The van der Waals surface area contributed by atoms with E-state index < -0.39 is 17.3 Å². The van der Waals surface area contributed by atoms with Crippen LogP contribution in [0, 0.1) is 23.2 Å². The second kappa shape index (κ2) is 3.08. The largest absolute Gasteiger partial charge is 0.481 e. The van der Waals surface area contributed by atoms with E-state index in [9.17, 15) is 14.7 Å². The van der Waals surface area contributed by atoms with E-state index in [1.54, 1.807) is 6.92 Å². The second-order valence-corrected chi connectivity index (χ2v) is 4.53. The first-order chi connectivity index (χ1) is 6.98. The molecule has 1 aliphatic carbocycles. The Kier molecular flexibility index (Phi) is 2.10. The van der Waals surface area contributed by atoms with Crippen LogP contribution in [0.25, 0.3) is 0 Å². The summed E-state index contributed by atoms with van der Waals surface area (Å²) in [6.45, 7) is 3.77. The van der Waals surface area contributed by atoms with Crippen LogP contribution < -0.4 is 0 Å². The Bertz CT molecular complexity index is 344. The maximum Gasteiger partial charge on any atom is 0.310 e. The first-order valence-corrected chi connectivity index (χ1v) is 5.06. The van der Waals surface area contributed by atoms with Crippen LogP contribution in [0.1, 0.15) is 13.8 Å². The summed E-state index contributed by atoms with van der Waals surface area (Å²) in [5.74, 6) is -2.05. The summed E-state index contributed by atoms with van der Waals surface area (Å²) in [5.41, 5.74) is -1.03. The molecule has 15 heavy (non-hydrogen) atoms. The molecule has 0 aromatic heterocycles. The van der Waals surface area contributed by atoms with Crippen LogP contribution in [0.15, 0.2) is 12.2 Å². The minimum atomic E-state index is -1.03. The number of fused-ring (bicyclic) bond motifs is 1. The fourth-order valence-electron chi connectivity index (χ4n) is 2.52. The van der Waals surface area contributed by atoms with Gasteiger partial charge in [-0.1, -0.05) is 19.1 Å². The van der Waals surface area contributed by atoms with Crippen molar-refractivity contribution in [2.24, 2.45) is 23.2 Å². The van der Waals surface area contributed by atoms with Gasteiger partial charge in [-0.05, 0) is 12.8 Å². The number of rotatable bonds is 1. The maximum absolute atomic E-state index is 11.6. The quantitative estimate of drug-likeness (QED) is 0.519. The number of carbonyl (C=O) groups is 2. The number of hydrogen-bond acceptors (Lipinski definition) is 3. The van der Waals surface area contributed by atoms with Gasteiger partial charge in [0.25, 0.3) is 0 Å². The predicted octanol–water partition coefficient (Wildman–Crippen LogP) is 1.07. The Balaban J connectivity index is 2.47. The van der Waals surface area contributed by atoms with Gasteiger partial charge in [0.15, 0.2) is 0 Å². The highest BCUT2D eigenvalue weighted by Crippen LogP contribution is 2.48. The molecule has 1 heterocycles. The number of carboxylic acid groups (broad SMARTS) is 1. The van der Waals surface area contributed by atoms with Crippen molar-refractivity contribution in [1.29, 1.82) is 0 Å². The fourth-order valence-corrected chi connectivity index (χ4v) is 2.52. The molecule has 1 saturated heterocycles. The minimum Gasteiger partial charge on any atom is -0.481 e. The molecule has 4 heteroatoms. The molecule has 82 valence electrons. The number of carboxylic acids is 1. The number of esters is 1. The maximum atomic E-state index is 11.6. The average Bonchev–Trinajstić information content (AvgIpc) is 2.54. The van der Waals surface area contributed by atoms with E-state index in [1.165, 1.54) is 0 Å². The van der Waals surface area contributed by atoms with E-state index >= 15 is 0 Å². The molecule has 1 aliphatic heterocycles. The standard InChI is InChI=1S/C11H14O4/c1-6-3-4-7-5-15-9(12)8(7)11(6,2)10(13)14/h3-4,6-8H,5H2,1-2H3,(H,13,14)/t6-,7-,8+,11+/m1/s1. The van der Waals surface area contributed by atoms with E-state index in [2.05, 4.69) is 0 Å². The number of cyclic esters (lactones) is 1. The highest BCUT2D eigenvalue weighted by molar-refractivity contribution is 5.86. The van der Waals surface area contributed by atoms with E-state index in [-0.39, 0.29) is 17.8 Å². The summed E-state index contributed by atoms with van der Waals surface area (Å²) in [5, 5.41) is 9.29. The number of ether oxygens (including phenoxy) is 1. The summed E-state index contributed by atoms with van der Waals surface area (Å²) >= 11 is 0. The van der Waals surface area contributed by atoms with E-state index in [0.29, 0.717) is 6.61 Å². The molecule has 1 N–H and O–H groups in total. The molecule has 0 saturated carbocycles. The monoisotopic (exact) mass is 210 g/mol. The normalized spacial score (nSPS) is 43.6. The highest BCUT2D eigenvalue weighted by Gasteiger charge is 2.56. The average molecular weight is 210 g/mol. The number of carbonyl (C=O) groups excluding carboxylic acids is 1. The van der Waals surface area contributed by atoms with Gasteiger partial charge in [-0.3, -0.25) is 9.59 Å². The topological polar surface area (TPSA) is 63.6 Å². The van der Waals surface area contributed by atoms with Crippen molar-refractivity contribution in [3.8, 4) is 0 Å². The second-order valence-electron chi connectivity index (χ2n) is 4.53. The van der Waals surface area contributed by atoms with Crippen LogP contribution >= 0.6 is 0 Å². The molecular formula is C11H14O4. The molecule has 0 amide bonds. The molecule has 0 aromatic rings. The van der Waals surface area contributed by atoms with Gasteiger partial charge in [0, 0.05) is 5.92 Å². The van der Waals surface area contributed by atoms with Crippen molar-refractivity contribution in [3.05, 3.63) is 12.2 Å². The summed E-state index contributed by atoms with van der Waals surface area (Å²) in [7, 11) is 0. The molecule has 2 rings (SSSR count). The molecule has 0 unspecified atom stereocenters. The van der Waals surface area contributed by atoms with Crippen molar-refractivity contribution < 1.29 is 19.4 Å². The summed E-state index contributed by atoms with van der Waals surface area (Å²) in [4.78, 5) is 22.9. The first kappa shape index (κ1) is 10.2. The van der Waals surface area contributed by atoms with Crippen molar-refractivity contribution in [1.82, 2.24) is 0 Å². The molecule has 1 fully saturated rings. The van der Waals surface area contributed by atoms with Gasteiger partial charge in [0.2, 0.25) is 0 Å². The Morgan fingerprint density at radius 1 is 1.60 bits per heavy atom. The van der Waals surface area contributed by atoms with Crippen LogP contribution in [-0.2, 0) is 14.3 Å². The lowest BCUT2D eigenvalue weighted by molar-refractivity contribution is -0.162. The molecule has 4 atom stereocenters. The zero-order valence-corrected chi connectivity index (χ0v) is 8.77. The molecule has 4 nitrogen and oxygen atoms in total. The lowest BCUT2D eigenvalue weighted by atomic mass is 9.61. The van der Waals surface area contributed by atoms with Gasteiger partial charge in [0.1, 0.15) is 0 Å². The van der Waals surface area contributed by atoms with Crippen molar-refractivity contribution >= 4 is 11.9 Å². The lowest BCUT2D eigenvalue weighted by Gasteiger charge is -2.38. The van der Waals surface area contributed by atoms with Crippen LogP contribution in [0.3, 0.4) is 0 Å². The lowest BCUT2D eigenvalue weighted by Crippen LogP contribution is -2.47. The minimum absolute atomic E-state index is 0.0743. The van der Waals surface area contributed by atoms with Gasteiger partial charge >= 0.3 is 11.9 Å². The fraction of sp³-hybridized carbons (Fsp3) is 0.636. The third kappa shape index (κ3) is 1.20. The van der Waals surface area contributed by atoms with Gasteiger partial charge in [-0.25, -0.2) is 0 Å². The molecule has 0 bridgehead atoms. The van der Waals surface area contributed by atoms with Crippen molar-refractivity contribution in [3.63, 3.8) is 0 Å². The van der Waals surface area contributed by atoms with Crippen LogP contribution in [0.2, 0.25) is 0 Å². The van der Waals surface area contributed by atoms with Crippen molar-refractivity contribution in [2.45, 2.75) is 13.8 Å². The first-order valence-electron chi connectivity index (χ1n) is 5.06. The molecular weight excluding hydrogens is 196 g/mol. The molecule has 0 aromatic carbocycles. The third-order valence-corrected chi connectivity index (χ3v) is 3.80. The Hall–Kier alpha value is -1.32. The predicted molar refractivity (Wildman–Crippen MR) is 52.0 cm³/mol. The number of aliphatic carboxylic acids is 1. The Morgan fingerprint density at radius 2 is 2.27 bits per heavy atom. The van der Waals surface area contributed by atoms with Crippen molar-refractivity contribution in [2.75, 3.05) is 6.61 Å². The summed E-state index contributed by atoms with van der Waals surface area (Å²) < 4.78 is 4.94. The zero-order valence-electron chi connectivity index (χ0n) is 8.77. The van der Waals surface area contributed by atoms with Gasteiger partial charge < -0.3 is 9.84 Å². The van der Waals surface area contributed by atoms with Crippen LogP contribution in [0.4, 0.5) is 0 Å². The smallest absolute Gasteiger partial charge is 0.310 e. The van der Waals surface area contributed by atoms with E-state index in [0.717, 1.165) is 0 Å². The van der Waals surface area contributed by atoms with Gasteiger partial charge in [-0.2, -0.15) is 0 Å². The Morgan fingerprint density at radius 3 is 2.87 bits per heavy atom. The van der Waals surface area contributed by atoms with Gasteiger partial charge in [-0.15, -0.1) is 0 Å². The summed E-state index contributed by atoms with van der Waals surface area (Å²) in [6, 6.07) is 0. The number of hydrogen-bond donors (Lipinski definition) is 1. The van der Waals surface area contributed by atoms with E-state index in [4.69, 9.17) is 4.74 Å².